The van der Waals surface area contributed by atoms with E-state index < -0.39 is 6.36 Å². The van der Waals surface area contributed by atoms with Gasteiger partial charge in [-0.3, -0.25) is 4.68 Å². The van der Waals surface area contributed by atoms with Crippen LogP contribution in [0.4, 0.5) is 19.0 Å². The number of hydrogen-bond acceptors (Lipinski definition) is 3. The predicted molar refractivity (Wildman–Crippen MR) is 59.7 cm³/mol. The van der Waals surface area contributed by atoms with E-state index in [0.29, 0.717) is 11.1 Å². The molecule has 0 radical (unpaired) electrons. The van der Waals surface area contributed by atoms with Gasteiger partial charge in [0.25, 0.3) is 0 Å². The minimum Gasteiger partial charge on any atom is -0.406 e. The smallest absolute Gasteiger partial charge is 0.406 e. The summed E-state index contributed by atoms with van der Waals surface area (Å²) in [5.74, 6) is -0.0371. The Bertz CT molecular complexity index is 563. The number of hydrogen-bond donors (Lipinski definition) is 1. The lowest BCUT2D eigenvalue weighted by molar-refractivity contribution is -0.274. The molecule has 1 aromatic heterocycles. The molecule has 7 heteroatoms. The normalized spacial score (nSPS) is 11.6. The molecule has 1 heterocycles. The summed E-state index contributed by atoms with van der Waals surface area (Å²) in [6, 6.07) is 5.59. The first-order valence-electron chi connectivity index (χ1n) is 5.00. The zero-order valence-electron chi connectivity index (χ0n) is 9.40. The number of nitrogen functional groups attached to an aromatic ring is 1. The number of benzene rings is 1. The molecule has 0 aliphatic carbocycles. The van der Waals surface area contributed by atoms with Gasteiger partial charge in [0, 0.05) is 18.8 Å². The van der Waals surface area contributed by atoms with Gasteiger partial charge in [-0.2, -0.15) is 5.10 Å². The number of halogens is 3. The first kappa shape index (κ1) is 12.3. The van der Waals surface area contributed by atoms with Gasteiger partial charge >= 0.3 is 6.36 Å². The average Bonchev–Trinajstić information content (AvgIpc) is 2.55. The Morgan fingerprint density at radius 2 is 2.06 bits per heavy atom. The third kappa shape index (κ3) is 2.73. The van der Waals surface area contributed by atoms with Crippen LogP contribution in [0.1, 0.15) is 0 Å². The zero-order valence-corrected chi connectivity index (χ0v) is 9.40. The predicted octanol–water partition coefficient (Wildman–Crippen LogP) is 2.57. The van der Waals surface area contributed by atoms with Gasteiger partial charge in [-0.15, -0.1) is 13.2 Å². The Morgan fingerprint density at radius 1 is 1.33 bits per heavy atom. The van der Waals surface area contributed by atoms with Gasteiger partial charge < -0.3 is 10.5 Å². The molecule has 0 atom stereocenters. The summed E-state index contributed by atoms with van der Waals surface area (Å²) in [5.41, 5.74) is 6.73. The Balaban J connectivity index is 2.36. The number of aryl methyl sites for hydroxylation is 1. The van der Waals surface area contributed by atoms with Gasteiger partial charge in [-0.1, -0.05) is 12.1 Å². The lowest BCUT2D eigenvalue weighted by Crippen LogP contribution is -2.17. The Kier molecular flexibility index (Phi) is 2.90. The molecule has 0 saturated heterocycles. The second-order valence-electron chi connectivity index (χ2n) is 3.68. The molecule has 0 spiro atoms. The van der Waals surface area contributed by atoms with Gasteiger partial charge in [-0.05, 0) is 17.7 Å². The van der Waals surface area contributed by atoms with E-state index >= 15 is 0 Å². The van der Waals surface area contributed by atoms with Crippen molar-refractivity contribution in [3.63, 3.8) is 0 Å². The van der Waals surface area contributed by atoms with E-state index in [9.17, 15) is 13.2 Å². The van der Waals surface area contributed by atoms with E-state index in [-0.39, 0.29) is 11.6 Å². The van der Waals surface area contributed by atoms with Crippen LogP contribution in [-0.4, -0.2) is 16.1 Å². The van der Waals surface area contributed by atoms with Crippen LogP contribution in [0.5, 0.6) is 5.75 Å². The van der Waals surface area contributed by atoms with E-state index in [4.69, 9.17) is 5.73 Å². The quantitative estimate of drug-likeness (QED) is 0.899. The summed E-state index contributed by atoms with van der Waals surface area (Å²) >= 11 is 0. The van der Waals surface area contributed by atoms with Crippen LogP contribution < -0.4 is 10.5 Å². The SMILES string of the molecule is Cn1cc(-c2cccc(OC(F)(F)F)c2)c(N)n1. The molecule has 1 aromatic carbocycles. The highest BCUT2D eigenvalue weighted by Crippen LogP contribution is 2.30. The van der Waals surface area contributed by atoms with E-state index in [0.717, 1.165) is 0 Å². The molecule has 0 aliphatic rings. The summed E-state index contributed by atoms with van der Waals surface area (Å²) < 4.78 is 41.6. The average molecular weight is 257 g/mol. The maximum atomic E-state index is 12.1. The summed E-state index contributed by atoms with van der Waals surface area (Å²) in [7, 11) is 1.68. The number of nitrogens with two attached hydrogens (primary N) is 1. The van der Waals surface area contributed by atoms with Crippen molar-refractivity contribution in [1.29, 1.82) is 0 Å². The summed E-state index contributed by atoms with van der Waals surface area (Å²) in [6.45, 7) is 0. The Labute approximate surface area is 101 Å². The molecule has 4 nitrogen and oxygen atoms in total. The molecule has 0 bridgehead atoms. The number of rotatable bonds is 2. The fourth-order valence-corrected chi connectivity index (χ4v) is 1.59. The van der Waals surface area contributed by atoms with Crippen LogP contribution >= 0.6 is 0 Å². The standard InChI is InChI=1S/C11H10F3N3O/c1-17-6-9(10(15)16-17)7-3-2-4-8(5-7)18-11(12,13)14/h2-6H,1H3,(H2,15,16). The topological polar surface area (TPSA) is 53.1 Å². The lowest BCUT2D eigenvalue weighted by atomic mass is 10.1. The number of nitrogens with zero attached hydrogens (tertiary/aromatic N) is 2. The van der Waals surface area contributed by atoms with Crippen molar-refractivity contribution in [3.8, 4) is 16.9 Å². The molecule has 2 aromatic rings. The number of anilines is 1. The fraction of sp³-hybridized carbons (Fsp3) is 0.182. The van der Waals surface area contributed by atoms with Crippen LogP contribution in [0.3, 0.4) is 0 Å². The minimum absolute atomic E-state index is 0.252. The van der Waals surface area contributed by atoms with Crippen molar-refractivity contribution in [2.75, 3.05) is 5.73 Å². The minimum atomic E-state index is -4.71. The van der Waals surface area contributed by atoms with Crippen molar-refractivity contribution in [2.24, 2.45) is 7.05 Å². The van der Waals surface area contributed by atoms with Gasteiger partial charge in [-0.25, -0.2) is 0 Å². The highest BCUT2D eigenvalue weighted by atomic mass is 19.4. The van der Waals surface area contributed by atoms with Crippen molar-refractivity contribution < 1.29 is 17.9 Å². The monoisotopic (exact) mass is 257 g/mol. The van der Waals surface area contributed by atoms with Crippen molar-refractivity contribution in [2.45, 2.75) is 6.36 Å². The third-order valence-corrected chi connectivity index (χ3v) is 2.24. The molecule has 0 unspecified atom stereocenters. The van der Waals surface area contributed by atoms with Crippen LogP contribution in [0, 0.1) is 0 Å². The fourth-order valence-electron chi connectivity index (χ4n) is 1.59. The molecule has 0 aliphatic heterocycles. The highest BCUT2D eigenvalue weighted by molar-refractivity contribution is 5.74. The van der Waals surface area contributed by atoms with E-state index in [1.807, 2.05) is 0 Å². The summed E-state index contributed by atoms with van der Waals surface area (Å²) in [6.07, 6.45) is -3.08. The molecule has 18 heavy (non-hydrogen) atoms. The second kappa shape index (κ2) is 4.25. The van der Waals surface area contributed by atoms with Gasteiger partial charge in [0.05, 0.1) is 0 Å². The molecule has 0 fully saturated rings. The second-order valence-corrected chi connectivity index (χ2v) is 3.68. The third-order valence-electron chi connectivity index (χ3n) is 2.24. The summed E-state index contributed by atoms with van der Waals surface area (Å²) in [5, 5.41) is 3.92. The largest absolute Gasteiger partial charge is 0.573 e. The van der Waals surface area contributed by atoms with Gasteiger partial charge in [0.15, 0.2) is 5.82 Å². The Hall–Kier alpha value is -2.18. The van der Waals surface area contributed by atoms with E-state index in [1.165, 1.54) is 22.9 Å². The number of ether oxygens (including phenoxy) is 1. The zero-order chi connectivity index (χ0) is 13.3. The van der Waals surface area contributed by atoms with Gasteiger partial charge in [0.2, 0.25) is 0 Å². The van der Waals surface area contributed by atoms with Gasteiger partial charge in [0.1, 0.15) is 5.75 Å². The van der Waals surface area contributed by atoms with Crippen molar-refractivity contribution in [1.82, 2.24) is 9.78 Å². The lowest BCUT2D eigenvalue weighted by Gasteiger charge is -2.09. The number of aromatic nitrogens is 2. The maximum absolute atomic E-state index is 12.1. The molecule has 0 amide bonds. The molecule has 2 N–H and O–H groups in total. The molecular formula is C11H10F3N3O. The summed E-state index contributed by atoms with van der Waals surface area (Å²) in [4.78, 5) is 0. The molecule has 96 valence electrons. The number of alkyl halides is 3. The molecule has 0 saturated carbocycles. The van der Waals surface area contributed by atoms with Crippen LogP contribution in [0.15, 0.2) is 30.5 Å². The van der Waals surface area contributed by atoms with Crippen LogP contribution in [0.2, 0.25) is 0 Å². The van der Waals surface area contributed by atoms with Crippen molar-refractivity contribution >= 4 is 5.82 Å². The first-order chi connectivity index (χ1) is 8.35. The molecule has 2 rings (SSSR count). The Morgan fingerprint density at radius 3 is 2.61 bits per heavy atom. The van der Waals surface area contributed by atoms with Crippen molar-refractivity contribution in [3.05, 3.63) is 30.5 Å². The maximum Gasteiger partial charge on any atom is 0.573 e. The highest BCUT2D eigenvalue weighted by Gasteiger charge is 2.31. The van der Waals surface area contributed by atoms with E-state index in [2.05, 4.69) is 9.84 Å². The van der Waals surface area contributed by atoms with Crippen LogP contribution in [0.25, 0.3) is 11.1 Å². The first-order valence-corrected chi connectivity index (χ1v) is 5.00. The van der Waals surface area contributed by atoms with Crippen LogP contribution in [-0.2, 0) is 7.05 Å². The van der Waals surface area contributed by atoms with E-state index in [1.54, 1.807) is 19.3 Å². The molecular weight excluding hydrogens is 247 g/mol.